The van der Waals surface area contributed by atoms with Crippen molar-refractivity contribution in [3.05, 3.63) is 34.9 Å². The Morgan fingerprint density at radius 2 is 1.95 bits per heavy atom. The third-order valence-electron chi connectivity index (χ3n) is 3.44. The maximum Gasteiger partial charge on any atom is 0.305 e. The van der Waals surface area contributed by atoms with E-state index in [0.29, 0.717) is 12.1 Å². The van der Waals surface area contributed by atoms with Crippen LogP contribution < -0.4 is 0 Å². The lowest BCUT2D eigenvalue weighted by Gasteiger charge is -2.28. The van der Waals surface area contributed by atoms with Crippen molar-refractivity contribution in [1.82, 2.24) is 4.90 Å². The number of benzene rings is 1. The van der Waals surface area contributed by atoms with Crippen LogP contribution in [0, 0.1) is 13.8 Å². The Bertz CT molecular complexity index is 482. The van der Waals surface area contributed by atoms with Crippen molar-refractivity contribution in [2.75, 3.05) is 6.54 Å². The number of aliphatic carboxylic acids is 1. The molecule has 1 amide bonds. The fourth-order valence-corrected chi connectivity index (χ4v) is 2.16. The van der Waals surface area contributed by atoms with Crippen molar-refractivity contribution >= 4 is 11.9 Å². The second-order valence-electron chi connectivity index (χ2n) is 4.79. The van der Waals surface area contributed by atoms with Crippen LogP contribution in [-0.4, -0.2) is 34.5 Å². The summed E-state index contributed by atoms with van der Waals surface area (Å²) < 4.78 is 0. The summed E-state index contributed by atoms with van der Waals surface area (Å²) in [6, 6.07) is 5.30. The van der Waals surface area contributed by atoms with E-state index in [9.17, 15) is 9.59 Å². The first kappa shape index (κ1) is 15.2. The Morgan fingerprint density at radius 3 is 2.47 bits per heavy atom. The van der Waals surface area contributed by atoms with Crippen molar-refractivity contribution in [2.24, 2.45) is 0 Å². The van der Waals surface area contributed by atoms with Gasteiger partial charge in [-0.25, -0.2) is 0 Å². The first-order valence-electron chi connectivity index (χ1n) is 6.47. The van der Waals surface area contributed by atoms with Crippen molar-refractivity contribution < 1.29 is 14.7 Å². The highest BCUT2D eigenvalue weighted by molar-refractivity contribution is 5.96. The highest BCUT2D eigenvalue weighted by Crippen LogP contribution is 2.17. The molecule has 0 aromatic heterocycles. The van der Waals surface area contributed by atoms with Crippen molar-refractivity contribution in [1.29, 1.82) is 0 Å². The molecule has 104 valence electrons. The molecule has 1 aromatic carbocycles. The summed E-state index contributed by atoms with van der Waals surface area (Å²) in [6.45, 7) is 8.00. The number of hydrogen-bond donors (Lipinski definition) is 1. The van der Waals surface area contributed by atoms with Gasteiger partial charge in [-0.2, -0.15) is 0 Å². The SMILES string of the molecule is CCN(C(=O)c1cccc(C)c1C)C(C)CC(=O)O. The molecule has 0 bridgehead atoms. The Labute approximate surface area is 114 Å². The van der Waals surface area contributed by atoms with Crippen molar-refractivity contribution in [3.63, 3.8) is 0 Å². The summed E-state index contributed by atoms with van der Waals surface area (Å²) in [4.78, 5) is 24.9. The molecule has 0 aliphatic heterocycles. The van der Waals surface area contributed by atoms with Crippen LogP contribution in [0.3, 0.4) is 0 Å². The number of rotatable bonds is 5. The second kappa shape index (κ2) is 6.36. The molecular formula is C15H21NO3. The number of aryl methyl sites for hydroxylation is 1. The van der Waals surface area contributed by atoms with Crippen LogP contribution >= 0.6 is 0 Å². The lowest BCUT2D eigenvalue weighted by molar-refractivity contribution is -0.138. The smallest absolute Gasteiger partial charge is 0.305 e. The molecule has 0 saturated heterocycles. The topological polar surface area (TPSA) is 57.6 Å². The zero-order valence-corrected chi connectivity index (χ0v) is 11.9. The molecule has 1 atom stereocenters. The van der Waals surface area contributed by atoms with Crippen LogP contribution in [0.15, 0.2) is 18.2 Å². The number of amides is 1. The number of carbonyl (C=O) groups excluding carboxylic acids is 1. The molecule has 0 fully saturated rings. The van der Waals surface area contributed by atoms with Crippen molar-refractivity contribution in [3.8, 4) is 0 Å². The van der Waals surface area contributed by atoms with Gasteiger partial charge in [0.15, 0.2) is 0 Å². The molecule has 0 aliphatic rings. The predicted octanol–water partition coefficient (Wildman–Crippen LogP) is 2.63. The lowest BCUT2D eigenvalue weighted by Crippen LogP contribution is -2.40. The molecule has 0 spiro atoms. The van der Waals surface area contributed by atoms with Gasteiger partial charge in [-0.05, 0) is 44.9 Å². The second-order valence-corrected chi connectivity index (χ2v) is 4.79. The Balaban J connectivity index is 3.02. The Morgan fingerprint density at radius 1 is 1.32 bits per heavy atom. The molecule has 1 rings (SSSR count). The number of nitrogens with zero attached hydrogens (tertiary/aromatic N) is 1. The molecule has 4 nitrogen and oxygen atoms in total. The van der Waals surface area contributed by atoms with Crippen LogP contribution in [-0.2, 0) is 4.79 Å². The highest BCUT2D eigenvalue weighted by Gasteiger charge is 2.23. The average molecular weight is 263 g/mol. The summed E-state index contributed by atoms with van der Waals surface area (Å²) in [7, 11) is 0. The summed E-state index contributed by atoms with van der Waals surface area (Å²) in [6.07, 6.45) is -0.0373. The van der Waals surface area contributed by atoms with E-state index in [1.54, 1.807) is 17.9 Å². The van der Waals surface area contributed by atoms with Gasteiger partial charge in [-0.1, -0.05) is 12.1 Å². The summed E-state index contributed by atoms with van der Waals surface area (Å²) >= 11 is 0. The fourth-order valence-electron chi connectivity index (χ4n) is 2.16. The number of carbonyl (C=O) groups is 2. The first-order valence-corrected chi connectivity index (χ1v) is 6.47. The molecule has 0 heterocycles. The number of hydrogen-bond acceptors (Lipinski definition) is 2. The van der Waals surface area contributed by atoms with Gasteiger partial charge in [-0.15, -0.1) is 0 Å². The van der Waals surface area contributed by atoms with Gasteiger partial charge in [0.05, 0.1) is 6.42 Å². The normalized spacial score (nSPS) is 12.0. The Kier molecular flexibility index (Phi) is 5.10. The molecule has 0 saturated carbocycles. The van der Waals surface area contributed by atoms with Gasteiger partial charge in [-0.3, -0.25) is 9.59 Å². The monoisotopic (exact) mass is 263 g/mol. The van der Waals surface area contributed by atoms with Gasteiger partial charge < -0.3 is 10.0 Å². The van der Waals surface area contributed by atoms with E-state index in [4.69, 9.17) is 5.11 Å². The maximum absolute atomic E-state index is 12.5. The minimum absolute atomic E-state index is 0.0373. The third kappa shape index (κ3) is 3.56. The number of carboxylic acids is 1. The zero-order chi connectivity index (χ0) is 14.6. The van der Waals surface area contributed by atoms with E-state index < -0.39 is 5.97 Å². The maximum atomic E-state index is 12.5. The summed E-state index contributed by atoms with van der Waals surface area (Å²) in [5.74, 6) is -0.989. The van der Waals surface area contributed by atoms with E-state index in [0.717, 1.165) is 11.1 Å². The van der Waals surface area contributed by atoms with E-state index in [1.807, 2.05) is 32.9 Å². The molecule has 0 aliphatic carbocycles. The Hall–Kier alpha value is -1.84. The third-order valence-corrected chi connectivity index (χ3v) is 3.44. The predicted molar refractivity (Wildman–Crippen MR) is 74.3 cm³/mol. The zero-order valence-electron chi connectivity index (χ0n) is 11.9. The molecular weight excluding hydrogens is 242 g/mol. The average Bonchev–Trinajstić information content (AvgIpc) is 2.32. The fraction of sp³-hybridized carbons (Fsp3) is 0.467. The van der Waals surface area contributed by atoms with Gasteiger partial charge >= 0.3 is 5.97 Å². The van der Waals surface area contributed by atoms with E-state index in [2.05, 4.69) is 0 Å². The van der Waals surface area contributed by atoms with Crippen LogP contribution in [0.4, 0.5) is 0 Å². The highest BCUT2D eigenvalue weighted by atomic mass is 16.4. The molecule has 1 N–H and O–H groups in total. The van der Waals surface area contributed by atoms with E-state index in [1.165, 1.54) is 0 Å². The minimum Gasteiger partial charge on any atom is -0.481 e. The van der Waals surface area contributed by atoms with E-state index in [-0.39, 0.29) is 18.4 Å². The summed E-state index contributed by atoms with van der Waals surface area (Å²) in [5, 5.41) is 8.84. The van der Waals surface area contributed by atoms with E-state index >= 15 is 0 Å². The molecule has 1 unspecified atom stereocenters. The largest absolute Gasteiger partial charge is 0.481 e. The van der Waals surface area contributed by atoms with Gasteiger partial charge in [0.1, 0.15) is 0 Å². The molecule has 4 heteroatoms. The molecule has 0 radical (unpaired) electrons. The number of carboxylic acid groups (broad SMARTS) is 1. The van der Waals surface area contributed by atoms with Crippen LogP contribution in [0.1, 0.15) is 41.8 Å². The molecule has 19 heavy (non-hydrogen) atoms. The van der Waals surface area contributed by atoms with Gasteiger partial charge in [0.25, 0.3) is 5.91 Å². The first-order chi connectivity index (χ1) is 8.88. The van der Waals surface area contributed by atoms with Crippen LogP contribution in [0.25, 0.3) is 0 Å². The lowest BCUT2D eigenvalue weighted by atomic mass is 10.0. The standard InChI is InChI=1S/C15H21NO3/c1-5-16(11(3)9-14(17)18)15(19)13-8-6-7-10(2)12(13)4/h6-8,11H,5,9H2,1-4H3,(H,17,18). The van der Waals surface area contributed by atoms with Crippen molar-refractivity contribution in [2.45, 2.75) is 40.2 Å². The summed E-state index contributed by atoms with van der Waals surface area (Å²) in [5.41, 5.74) is 2.67. The van der Waals surface area contributed by atoms with Crippen LogP contribution in [0.2, 0.25) is 0 Å². The minimum atomic E-state index is -0.889. The quantitative estimate of drug-likeness (QED) is 0.888. The van der Waals surface area contributed by atoms with Crippen LogP contribution in [0.5, 0.6) is 0 Å². The van der Waals surface area contributed by atoms with Gasteiger partial charge in [0.2, 0.25) is 0 Å². The van der Waals surface area contributed by atoms with Gasteiger partial charge in [0, 0.05) is 18.2 Å². The molecule has 1 aromatic rings.